The Morgan fingerprint density at radius 2 is 1.88 bits per heavy atom. The zero-order chi connectivity index (χ0) is 12.2. The van der Waals surface area contributed by atoms with Crippen LogP contribution in [-0.4, -0.2) is 36.1 Å². The highest BCUT2D eigenvalue weighted by atomic mass is 15.2. The summed E-state index contributed by atoms with van der Waals surface area (Å²) in [7, 11) is 0. The van der Waals surface area contributed by atoms with Crippen molar-refractivity contribution >= 4 is 0 Å². The third-order valence-corrected chi connectivity index (χ3v) is 3.44. The molecule has 0 bridgehead atoms. The lowest BCUT2D eigenvalue weighted by molar-refractivity contribution is 0.257. The second-order valence-corrected chi connectivity index (χ2v) is 6.57. The van der Waals surface area contributed by atoms with Crippen molar-refractivity contribution in [1.82, 2.24) is 10.2 Å². The van der Waals surface area contributed by atoms with Gasteiger partial charge in [-0.1, -0.05) is 6.92 Å². The normalized spacial score (nSPS) is 27.6. The fraction of sp³-hybridized carbons (Fsp3) is 1.00. The van der Waals surface area contributed by atoms with Crippen molar-refractivity contribution < 1.29 is 0 Å². The predicted molar refractivity (Wildman–Crippen MR) is 71.8 cm³/mol. The monoisotopic (exact) mass is 226 g/mol. The highest BCUT2D eigenvalue weighted by Crippen LogP contribution is 2.22. The van der Waals surface area contributed by atoms with E-state index >= 15 is 0 Å². The molecule has 2 atom stereocenters. The van der Waals surface area contributed by atoms with Gasteiger partial charge < -0.3 is 10.2 Å². The summed E-state index contributed by atoms with van der Waals surface area (Å²) < 4.78 is 0. The fourth-order valence-electron chi connectivity index (χ4n) is 2.60. The van der Waals surface area contributed by atoms with Crippen LogP contribution in [0.4, 0.5) is 0 Å². The zero-order valence-electron chi connectivity index (χ0n) is 11.8. The summed E-state index contributed by atoms with van der Waals surface area (Å²) in [6.07, 6.45) is 4.02. The zero-order valence-corrected chi connectivity index (χ0v) is 11.8. The molecule has 0 spiro atoms. The van der Waals surface area contributed by atoms with Crippen molar-refractivity contribution in [2.75, 3.05) is 19.6 Å². The van der Waals surface area contributed by atoms with E-state index in [1.54, 1.807) is 0 Å². The molecule has 0 saturated carbocycles. The van der Waals surface area contributed by atoms with Gasteiger partial charge in [-0.05, 0) is 66.0 Å². The maximum absolute atomic E-state index is 3.55. The van der Waals surface area contributed by atoms with Crippen LogP contribution in [0.15, 0.2) is 0 Å². The highest BCUT2D eigenvalue weighted by Gasteiger charge is 2.24. The lowest BCUT2D eigenvalue weighted by Crippen LogP contribution is -2.36. The van der Waals surface area contributed by atoms with E-state index in [1.165, 1.54) is 32.4 Å². The van der Waals surface area contributed by atoms with Gasteiger partial charge in [0.05, 0.1) is 0 Å². The molecule has 0 aliphatic carbocycles. The van der Waals surface area contributed by atoms with Gasteiger partial charge in [0.25, 0.3) is 0 Å². The molecule has 0 aromatic carbocycles. The molecule has 96 valence electrons. The Morgan fingerprint density at radius 3 is 2.38 bits per heavy atom. The van der Waals surface area contributed by atoms with Crippen molar-refractivity contribution in [3.8, 4) is 0 Å². The molecule has 2 heteroatoms. The number of nitrogens with zero attached hydrogens (tertiary/aromatic N) is 1. The number of likely N-dealkylation sites (tertiary alicyclic amines) is 1. The summed E-state index contributed by atoms with van der Waals surface area (Å²) >= 11 is 0. The molecule has 1 N–H and O–H groups in total. The van der Waals surface area contributed by atoms with Gasteiger partial charge in [-0.3, -0.25) is 0 Å². The minimum absolute atomic E-state index is 0.273. The standard InChI is InChI=1S/C14H30N2/c1-12-10-13(2)16(11-12)9-7-6-8-15-14(3,4)5/h12-13,15H,6-11H2,1-5H3. The van der Waals surface area contributed by atoms with Crippen molar-refractivity contribution in [3.05, 3.63) is 0 Å². The van der Waals surface area contributed by atoms with Crippen LogP contribution in [0.1, 0.15) is 53.9 Å². The Kier molecular flexibility index (Phi) is 5.26. The van der Waals surface area contributed by atoms with E-state index in [9.17, 15) is 0 Å². The van der Waals surface area contributed by atoms with E-state index in [0.29, 0.717) is 0 Å². The van der Waals surface area contributed by atoms with E-state index in [0.717, 1.165) is 18.5 Å². The lowest BCUT2D eigenvalue weighted by atomic mass is 10.1. The van der Waals surface area contributed by atoms with Crippen molar-refractivity contribution in [2.24, 2.45) is 5.92 Å². The first kappa shape index (κ1) is 14.0. The van der Waals surface area contributed by atoms with Crippen LogP contribution in [0.3, 0.4) is 0 Å². The lowest BCUT2D eigenvalue weighted by Gasteiger charge is -2.23. The second-order valence-electron chi connectivity index (χ2n) is 6.57. The third-order valence-electron chi connectivity index (χ3n) is 3.44. The summed E-state index contributed by atoms with van der Waals surface area (Å²) in [5.74, 6) is 0.905. The first-order chi connectivity index (χ1) is 7.38. The quantitative estimate of drug-likeness (QED) is 0.725. The van der Waals surface area contributed by atoms with Crippen molar-refractivity contribution in [3.63, 3.8) is 0 Å². The number of hydrogen-bond donors (Lipinski definition) is 1. The average molecular weight is 226 g/mol. The summed E-state index contributed by atoms with van der Waals surface area (Å²) in [5.41, 5.74) is 0.273. The van der Waals surface area contributed by atoms with Gasteiger partial charge in [0.1, 0.15) is 0 Å². The Balaban J connectivity index is 2.03. The molecular formula is C14H30N2. The summed E-state index contributed by atoms with van der Waals surface area (Å²) in [5, 5.41) is 3.55. The summed E-state index contributed by atoms with van der Waals surface area (Å²) in [6.45, 7) is 15.2. The SMILES string of the molecule is CC1CC(C)N(CCCCNC(C)(C)C)C1. The molecule has 1 saturated heterocycles. The van der Waals surface area contributed by atoms with Crippen LogP contribution >= 0.6 is 0 Å². The Hall–Kier alpha value is -0.0800. The first-order valence-electron chi connectivity index (χ1n) is 6.87. The number of nitrogens with one attached hydrogen (secondary N) is 1. The molecule has 2 nitrogen and oxygen atoms in total. The largest absolute Gasteiger partial charge is 0.312 e. The molecule has 0 aromatic rings. The minimum Gasteiger partial charge on any atom is -0.312 e. The van der Waals surface area contributed by atoms with Gasteiger partial charge in [0.15, 0.2) is 0 Å². The fourth-order valence-corrected chi connectivity index (χ4v) is 2.60. The Morgan fingerprint density at radius 1 is 1.19 bits per heavy atom. The predicted octanol–water partition coefficient (Wildman–Crippen LogP) is 2.89. The van der Waals surface area contributed by atoms with Crippen LogP contribution in [-0.2, 0) is 0 Å². The number of rotatable bonds is 5. The van der Waals surface area contributed by atoms with E-state index in [1.807, 2.05) is 0 Å². The Labute approximate surface area is 102 Å². The molecule has 16 heavy (non-hydrogen) atoms. The van der Waals surface area contributed by atoms with E-state index in [-0.39, 0.29) is 5.54 Å². The maximum Gasteiger partial charge on any atom is 0.00965 e. The minimum atomic E-state index is 0.273. The van der Waals surface area contributed by atoms with Gasteiger partial charge in [0, 0.05) is 18.1 Å². The van der Waals surface area contributed by atoms with E-state index < -0.39 is 0 Å². The van der Waals surface area contributed by atoms with Gasteiger partial charge in [-0.2, -0.15) is 0 Å². The van der Waals surface area contributed by atoms with Gasteiger partial charge in [-0.15, -0.1) is 0 Å². The highest BCUT2D eigenvalue weighted by molar-refractivity contribution is 4.80. The molecular weight excluding hydrogens is 196 g/mol. The first-order valence-corrected chi connectivity index (χ1v) is 6.87. The molecule has 1 fully saturated rings. The Bertz CT molecular complexity index is 195. The number of unbranched alkanes of at least 4 members (excludes halogenated alkanes) is 1. The summed E-state index contributed by atoms with van der Waals surface area (Å²) in [6, 6.07) is 0.811. The molecule has 1 aliphatic rings. The van der Waals surface area contributed by atoms with Crippen LogP contribution in [0.5, 0.6) is 0 Å². The molecule has 2 unspecified atom stereocenters. The maximum atomic E-state index is 3.55. The van der Waals surface area contributed by atoms with Crippen LogP contribution in [0, 0.1) is 5.92 Å². The molecule has 1 aliphatic heterocycles. The number of hydrogen-bond acceptors (Lipinski definition) is 2. The molecule has 1 rings (SSSR count). The smallest absolute Gasteiger partial charge is 0.00965 e. The van der Waals surface area contributed by atoms with Gasteiger partial charge >= 0.3 is 0 Å². The van der Waals surface area contributed by atoms with Gasteiger partial charge in [0.2, 0.25) is 0 Å². The van der Waals surface area contributed by atoms with Crippen LogP contribution in [0.25, 0.3) is 0 Å². The van der Waals surface area contributed by atoms with Gasteiger partial charge in [-0.25, -0.2) is 0 Å². The van der Waals surface area contributed by atoms with E-state index in [4.69, 9.17) is 0 Å². The molecule has 0 aromatic heterocycles. The van der Waals surface area contributed by atoms with Crippen molar-refractivity contribution in [2.45, 2.75) is 65.5 Å². The average Bonchev–Trinajstić information content (AvgIpc) is 2.42. The molecule has 0 amide bonds. The second kappa shape index (κ2) is 6.02. The van der Waals surface area contributed by atoms with Crippen LogP contribution in [0.2, 0.25) is 0 Å². The third kappa shape index (κ3) is 5.31. The van der Waals surface area contributed by atoms with Crippen molar-refractivity contribution in [1.29, 1.82) is 0 Å². The van der Waals surface area contributed by atoms with E-state index in [2.05, 4.69) is 44.8 Å². The molecule has 0 radical (unpaired) electrons. The topological polar surface area (TPSA) is 15.3 Å². The van der Waals surface area contributed by atoms with Crippen LogP contribution < -0.4 is 5.32 Å². The summed E-state index contributed by atoms with van der Waals surface area (Å²) in [4.78, 5) is 2.65. The molecule has 1 heterocycles.